The van der Waals surface area contributed by atoms with Crippen molar-refractivity contribution in [3.05, 3.63) is 0 Å². The lowest BCUT2D eigenvalue weighted by molar-refractivity contribution is 0.110. The lowest BCUT2D eigenvalue weighted by Crippen LogP contribution is -2.36. The van der Waals surface area contributed by atoms with Gasteiger partial charge in [-0.25, -0.2) is 0 Å². The number of nitrogens with one attached hydrogen (secondary N) is 1. The number of aliphatic hydroxyl groups excluding tert-OH is 1. The van der Waals surface area contributed by atoms with Crippen LogP contribution in [0.25, 0.3) is 0 Å². The first-order valence-corrected chi connectivity index (χ1v) is 7.03. The quantitative estimate of drug-likeness (QED) is 0.563. The average molecular weight is 229 g/mol. The van der Waals surface area contributed by atoms with Crippen LogP contribution in [0.2, 0.25) is 0 Å². The first kappa shape index (κ1) is 15.9. The van der Waals surface area contributed by atoms with Crippen molar-refractivity contribution in [1.29, 1.82) is 0 Å². The Hall–Kier alpha value is -0.0800. The molecule has 16 heavy (non-hydrogen) atoms. The Morgan fingerprint density at radius 2 is 1.75 bits per heavy atom. The van der Waals surface area contributed by atoms with Crippen LogP contribution in [0.4, 0.5) is 0 Å². The third-order valence-corrected chi connectivity index (χ3v) is 3.47. The van der Waals surface area contributed by atoms with Crippen molar-refractivity contribution in [3.8, 4) is 0 Å². The van der Waals surface area contributed by atoms with Crippen LogP contribution in [-0.2, 0) is 0 Å². The van der Waals surface area contributed by atoms with Gasteiger partial charge in [0.2, 0.25) is 0 Å². The molecule has 3 unspecified atom stereocenters. The largest absolute Gasteiger partial charge is 0.392 e. The first-order valence-electron chi connectivity index (χ1n) is 7.03. The van der Waals surface area contributed by atoms with E-state index in [1.165, 1.54) is 32.1 Å². The van der Waals surface area contributed by atoms with Crippen LogP contribution in [0.3, 0.4) is 0 Å². The first-order chi connectivity index (χ1) is 7.61. The highest BCUT2D eigenvalue weighted by molar-refractivity contribution is 4.69. The summed E-state index contributed by atoms with van der Waals surface area (Å²) in [5.74, 6) is 0.403. The molecule has 0 radical (unpaired) electrons. The topological polar surface area (TPSA) is 32.3 Å². The molecule has 0 heterocycles. The Bertz CT molecular complexity index is 150. The normalized spacial score (nSPS) is 17.1. The van der Waals surface area contributed by atoms with Crippen molar-refractivity contribution in [1.82, 2.24) is 5.32 Å². The predicted molar refractivity (Wildman–Crippen MR) is 71.7 cm³/mol. The van der Waals surface area contributed by atoms with Crippen LogP contribution in [0.5, 0.6) is 0 Å². The molecule has 0 amide bonds. The summed E-state index contributed by atoms with van der Waals surface area (Å²) in [6.07, 6.45) is 7.39. The molecular formula is C14H31NO. The molecule has 0 saturated carbocycles. The van der Waals surface area contributed by atoms with Gasteiger partial charge in [0.25, 0.3) is 0 Å². The molecule has 0 saturated heterocycles. The number of unbranched alkanes of at least 4 members (excludes halogenated alkanes) is 3. The van der Waals surface area contributed by atoms with Crippen molar-refractivity contribution < 1.29 is 5.11 Å². The van der Waals surface area contributed by atoms with E-state index in [4.69, 9.17) is 0 Å². The highest BCUT2D eigenvalue weighted by Gasteiger charge is 2.12. The van der Waals surface area contributed by atoms with E-state index in [1.54, 1.807) is 0 Å². The summed E-state index contributed by atoms with van der Waals surface area (Å²) in [6, 6.07) is 0.538. The molecule has 2 heteroatoms. The van der Waals surface area contributed by atoms with Crippen LogP contribution in [-0.4, -0.2) is 23.8 Å². The summed E-state index contributed by atoms with van der Waals surface area (Å²) in [7, 11) is 0. The number of aliphatic hydroxyl groups is 1. The van der Waals surface area contributed by atoms with E-state index in [2.05, 4.69) is 33.0 Å². The van der Waals surface area contributed by atoms with Crippen molar-refractivity contribution in [3.63, 3.8) is 0 Å². The fourth-order valence-corrected chi connectivity index (χ4v) is 1.77. The molecule has 0 spiro atoms. The minimum Gasteiger partial charge on any atom is -0.392 e. The maximum Gasteiger partial charge on any atom is 0.0690 e. The molecule has 98 valence electrons. The molecule has 0 aliphatic carbocycles. The molecule has 0 aromatic heterocycles. The number of rotatable bonds is 10. The van der Waals surface area contributed by atoms with Gasteiger partial charge < -0.3 is 10.4 Å². The highest BCUT2D eigenvalue weighted by Crippen LogP contribution is 2.08. The summed E-state index contributed by atoms with van der Waals surface area (Å²) < 4.78 is 0. The highest BCUT2D eigenvalue weighted by atomic mass is 16.3. The SMILES string of the molecule is CCCCCCC(C)NCC(O)C(C)CC. The monoisotopic (exact) mass is 229 g/mol. The van der Waals surface area contributed by atoms with Crippen LogP contribution in [0.15, 0.2) is 0 Å². The number of hydrogen-bond acceptors (Lipinski definition) is 2. The van der Waals surface area contributed by atoms with Gasteiger partial charge in [-0.15, -0.1) is 0 Å². The van der Waals surface area contributed by atoms with Crippen LogP contribution in [0, 0.1) is 5.92 Å². The summed E-state index contributed by atoms with van der Waals surface area (Å²) in [5.41, 5.74) is 0. The van der Waals surface area contributed by atoms with Gasteiger partial charge in [0.15, 0.2) is 0 Å². The lowest BCUT2D eigenvalue weighted by Gasteiger charge is -2.20. The molecule has 2 N–H and O–H groups in total. The van der Waals surface area contributed by atoms with E-state index < -0.39 is 0 Å². The van der Waals surface area contributed by atoms with Gasteiger partial charge in [-0.1, -0.05) is 52.9 Å². The molecule has 0 aromatic rings. The number of hydrogen-bond donors (Lipinski definition) is 2. The summed E-state index contributed by atoms with van der Waals surface area (Å²) >= 11 is 0. The maximum atomic E-state index is 9.81. The van der Waals surface area contributed by atoms with Crippen LogP contribution in [0.1, 0.15) is 66.2 Å². The minimum absolute atomic E-state index is 0.192. The summed E-state index contributed by atoms with van der Waals surface area (Å²) in [5, 5.41) is 13.2. The molecule has 0 bridgehead atoms. The molecular weight excluding hydrogens is 198 g/mol. The molecule has 0 aliphatic heterocycles. The van der Waals surface area contributed by atoms with E-state index in [-0.39, 0.29) is 6.10 Å². The zero-order chi connectivity index (χ0) is 12.4. The Kier molecular flexibility index (Phi) is 10.0. The second-order valence-electron chi connectivity index (χ2n) is 5.11. The van der Waals surface area contributed by atoms with Gasteiger partial charge in [-0.2, -0.15) is 0 Å². The fourth-order valence-electron chi connectivity index (χ4n) is 1.77. The van der Waals surface area contributed by atoms with Crippen molar-refractivity contribution >= 4 is 0 Å². The Balaban J connectivity index is 3.45. The summed E-state index contributed by atoms with van der Waals surface area (Å²) in [4.78, 5) is 0. The Morgan fingerprint density at radius 3 is 2.31 bits per heavy atom. The molecule has 0 rings (SSSR count). The smallest absolute Gasteiger partial charge is 0.0690 e. The van der Waals surface area contributed by atoms with Gasteiger partial charge >= 0.3 is 0 Å². The summed E-state index contributed by atoms with van der Waals surface area (Å²) in [6.45, 7) is 9.43. The van der Waals surface area contributed by atoms with E-state index in [0.29, 0.717) is 12.0 Å². The van der Waals surface area contributed by atoms with E-state index in [1.807, 2.05) is 0 Å². The molecule has 3 atom stereocenters. The van der Waals surface area contributed by atoms with Crippen LogP contribution >= 0.6 is 0 Å². The fraction of sp³-hybridized carbons (Fsp3) is 1.00. The third kappa shape index (κ3) is 8.12. The van der Waals surface area contributed by atoms with E-state index >= 15 is 0 Å². The molecule has 0 aromatic carbocycles. The van der Waals surface area contributed by atoms with Gasteiger partial charge in [0.1, 0.15) is 0 Å². The van der Waals surface area contributed by atoms with E-state index in [0.717, 1.165) is 13.0 Å². The second kappa shape index (κ2) is 10.1. The zero-order valence-electron chi connectivity index (χ0n) is 11.6. The van der Waals surface area contributed by atoms with Crippen molar-refractivity contribution in [2.24, 2.45) is 5.92 Å². The van der Waals surface area contributed by atoms with Crippen molar-refractivity contribution in [2.45, 2.75) is 78.4 Å². The molecule has 2 nitrogen and oxygen atoms in total. The van der Waals surface area contributed by atoms with Crippen LogP contribution < -0.4 is 5.32 Å². The second-order valence-corrected chi connectivity index (χ2v) is 5.11. The Labute approximate surface area is 102 Å². The maximum absolute atomic E-state index is 9.81. The molecule has 0 fully saturated rings. The lowest BCUT2D eigenvalue weighted by atomic mass is 10.0. The zero-order valence-corrected chi connectivity index (χ0v) is 11.6. The van der Waals surface area contributed by atoms with Gasteiger partial charge in [-0.3, -0.25) is 0 Å². The predicted octanol–water partition coefficient (Wildman–Crippen LogP) is 3.34. The van der Waals surface area contributed by atoms with Gasteiger partial charge in [0, 0.05) is 12.6 Å². The van der Waals surface area contributed by atoms with Gasteiger partial charge in [0.05, 0.1) is 6.10 Å². The minimum atomic E-state index is -0.192. The Morgan fingerprint density at radius 1 is 1.06 bits per heavy atom. The molecule has 0 aliphatic rings. The van der Waals surface area contributed by atoms with Crippen molar-refractivity contribution in [2.75, 3.05) is 6.54 Å². The third-order valence-electron chi connectivity index (χ3n) is 3.47. The average Bonchev–Trinajstić information content (AvgIpc) is 2.30. The standard InChI is InChI=1S/C14H31NO/c1-5-7-8-9-10-13(4)15-11-14(16)12(3)6-2/h12-16H,5-11H2,1-4H3. The van der Waals surface area contributed by atoms with Gasteiger partial charge in [-0.05, 0) is 19.3 Å². The van der Waals surface area contributed by atoms with E-state index in [9.17, 15) is 5.11 Å².